The van der Waals surface area contributed by atoms with Gasteiger partial charge >= 0.3 is 0 Å². The number of ether oxygens (including phenoxy) is 1. The van der Waals surface area contributed by atoms with E-state index in [2.05, 4.69) is 6.07 Å². The summed E-state index contributed by atoms with van der Waals surface area (Å²) in [6.07, 6.45) is 2.50. The minimum Gasteiger partial charge on any atom is -0.497 e. The van der Waals surface area contributed by atoms with Crippen molar-refractivity contribution in [3.63, 3.8) is 0 Å². The predicted octanol–water partition coefficient (Wildman–Crippen LogP) is 3.14. The molecule has 1 unspecified atom stereocenters. The molecule has 0 bridgehead atoms. The summed E-state index contributed by atoms with van der Waals surface area (Å²) in [6, 6.07) is 15.7. The first kappa shape index (κ1) is 17.5. The van der Waals surface area contributed by atoms with E-state index >= 15 is 0 Å². The molecule has 2 aromatic carbocycles. The second kappa shape index (κ2) is 7.02. The highest BCUT2D eigenvalue weighted by Crippen LogP contribution is 2.37. The number of hydrogen-bond acceptors (Lipinski definition) is 3. The van der Waals surface area contributed by atoms with Crippen LogP contribution in [0.25, 0.3) is 0 Å². The van der Waals surface area contributed by atoms with Crippen LogP contribution in [0.15, 0.2) is 48.5 Å². The summed E-state index contributed by atoms with van der Waals surface area (Å²) in [5.41, 5.74) is 3.37. The van der Waals surface area contributed by atoms with E-state index < -0.39 is 10.2 Å². The van der Waals surface area contributed by atoms with Crippen LogP contribution in [0.5, 0.6) is 5.75 Å². The van der Waals surface area contributed by atoms with Crippen LogP contribution in [0.1, 0.15) is 35.6 Å². The Labute approximate surface area is 155 Å². The zero-order chi connectivity index (χ0) is 18.1. The van der Waals surface area contributed by atoms with Crippen molar-refractivity contribution < 1.29 is 13.2 Å². The van der Waals surface area contributed by atoms with Crippen LogP contribution in [-0.4, -0.2) is 37.2 Å². The molecule has 1 fully saturated rings. The van der Waals surface area contributed by atoms with Gasteiger partial charge in [-0.15, -0.1) is 0 Å². The number of fused-ring (bicyclic) bond motifs is 1. The Kier molecular flexibility index (Phi) is 4.73. The predicted molar refractivity (Wildman–Crippen MR) is 101 cm³/mol. The van der Waals surface area contributed by atoms with E-state index in [-0.39, 0.29) is 6.04 Å². The summed E-state index contributed by atoms with van der Waals surface area (Å²) in [6.45, 7) is 1.57. The van der Waals surface area contributed by atoms with Gasteiger partial charge in [0.1, 0.15) is 5.75 Å². The smallest absolute Gasteiger partial charge is 0.282 e. The molecule has 0 N–H and O–H groups in total. The minimum absolute atomic E-state index is 0.118. The molecule has 0 amide bonds. The first-order valence-electron chi connectivity index (χ1n) is 9.07. The van der Waals surface area contributed by atoms with Gasteiger partial charge in [0.05, 0.1) is 13.2 Å². The summed E-state index contributed by atoms with van der Waals surface area (Å²) >= 11 is 0. The van der Waals surface area contributed by atoms with Crippen molar-refractivity contribution in [2.24, 2.45) is 0 Å². The summed E-state index contributed by atoms with van der Waals surface area (Å²) < 4.78 is 35.3. The molecule has 0 spiro atoms. The molecule has 4 rings (SSSR count). The number of rotatable bonds is 4. The molecule has 0 saturated carbocycles. The van der Waals surface area contributed by atoms with Crippen molar-refractivity contribution in [1.82, 2.24) is 8.61 Å². The molecule has 1 saturated heterocycles. The minimum atomic E-state index is -3.50. The maximum absolute atomic E-state index is 13.4. The Hall–Kier alpha value is -1.89. The van der Waals surface area contributed by atoms with Crippen molar-refractivity contribution in [3.05, 3.63) is 65.2 Å². The first-order chi connectivity index (χ1) is 12.6. The molecule has 0 radical (unpaired) electrons. The van der Waals surface area contributed by atoms with Crippen molar-refractivity contribution in [3.8, 4) is 5.75 Å². The molecule has 2 aromatic rings. The van der Waals surface area contributed by atoms with Gasteiger partial charge < -0.3 is 4.74 Å². The van der Waals surface area contributed by atoms with Crippen LogP contribution >= 0.6 is 0 Å². The highest BCUT2D eigenvalue weighted by Gasteiger charge is 2.39. The average Bonchev–Trinajstić information content (AvgIpc) is 3.18. The SMILES string of the molecule is COc1cccc(C2CCCN2S(=O)(=O)N2CCc3ccccc3C2)c1. The molecule has 1 atom stereocenters. The van der Waals surface area contributed by atoms with E-state index in [9.17, 15) is 8.42 Å². The van der Waals surface area contributed by atoms with Gasteiger partial charge in [-0.1, -0.05) is 36.4 Å². The van der Waals surface area contributed by atoms with Gasteiger partial charge in [-0.25, -0.2) is 0 Å². The number of benzene rings is 2. The van der Waals surface area contributed by atoms with Gasteiger partial charge in [0, 0.05) is 19.6 Å². The highest BCUT2D eigenvalue weighted by molar-refractivity contribution is 7.86. The molecule has 0 aromatic heterocycles. The van der Waals surface area contributed by atoms with E-state index in [1.165, 1.54) is 5.56 Å². The normalized spacial score (nSPS) is 21.5. The maximum atomic E-state index is 13.4. The van der Waals surface area contributed by atoms with Crippen molar-refractivity contribution in [2.45, 2.75) is 31.8 Å². The van der Waals surface area contributed by atoms with E-state index in [0.29, 0.717) is 19.6 Å². The van der Waals surface area contributed by atoms with E-state index in [4.69, 9.17) is 4.74 Å². The van der Waals surface area contributed by atoms with Crippen molar-refractivity contribution in [2.75, 3.05) is 20.2 Å². The molecule has 5 nitrogen and oxygen atoms in total. The third-order valence-electron chi connectivity index (χ3n) is 5.40. The van der Waals surface area contributed by atoms with E-state index in [1.807, 2.05) is 42.5 Å². The molecule has 6 heteroatoms. The van der Waals surface area contributed by atoms with Gasteiger partial charge in [-0.2, -0.15) is 17.0 Å². The lowest BCUT2D eigenvalue weighted by atomic mass is 10.0. The summed E-state index contributed by atoms with van der Waals surface area (Å²) in [4.78, 5) is 0. The largest absolute Gasteiger partial charge is 0.497 e. The molecule has 2 heterocycles. The van der Waals surface area contributed by atoms with Crippen LogP contribution in [0.4, 0.5) is 0 Å². The van der Waals surface area contributed by atoms with Crippen LogP contribution in [0.2, 0.25) is 0 Å². The second-order valence-corrected chi connectivity index (χ2v) is 8.79. The van der Waals surface area contributed by atoms with Crippen LogP contribution in [0.3, 0.4) is 0 Å². The fraction of sp³-hybridized carbons (Fsp3) is 0.400. The molecule has 2 aliphatic rings. The van der Waals surface area contributed by atoms with Gasteiger partial charge in [-0.05, 0) is 48.1 Å². The number of nitrogens with zero attached hydrogens (tertiary/aromatic N) is 2. The molecular weight excluding hydrogens is 348 g/mol. The standard InChI is InChI=1S/C20H24N2O3S/c1-25-19-9-4-8-17(14-19)20-10-5-12-22(20)26(23,24)21-13-11-16-6-2-3-7-18(16)15-21/h2-4,6-9,14,20H,5,10-13,15H2,1H3. The van der Waals surface area contributed by atoms with Crippen LogP contribution in [0, 0.1) is 0 Å². The lowest BCUT2D eigenvalue weighted by Crippen LogP contribution is -2.45. The Balaban J connectivity index is 1.61. The average molecular weight is 372 g/mol. The van der Waals surface area contributed by atoms with E-state index in [0.717, 1.165) is 36.1 Å². The molecule has 2 aliphatic heterocycles. The van der Waals surface area contributed by atoms with Gasteiger partial charge in [0.25, 0.3) is 10.2 Å². The Bertz CT molecular complexity index is 897. The molecular formula is C20H24N2O3S. The fourth-order valence-electron chi connectivity index (χ4n) is 4.01. The fourth-order valence-corrected chi connectivity index (χ4v) is 5.84. The lowest BCUT2D eigenvalue weighted by molar-refractivity contribution is 0.315. The number of methoxy groups -OCH3 is 1. The molecule has 138 valence electrons. The van der Waals surface area contributed by atoms with Gasteiger partial charge in [-0.3, -0.25) is 0 Å². The maximum Gasteiger partial charge on any atom is 0.282 e. The summed E-state index contributed by atoms with van der Waals surface area (Å²) in [7, 11) is -1.86. The highest BCUT2D eigenvalue weighted by atomic mass is 32.2. The van der Waals surface area contributed by atoms with Crippen molar-refractivity contribution >= 4 is 10.2 Å². The summed E-state index contributed by atoms with van der Waals surface area (Å²) in [5.74, 6) is 0.763. The summed E-state index contributed by atoms with van der Waals surface area (Å²) in [5, 5.41) is 0. The number of hydrogen-bond donors (Lipinski definition) is 0. The lowest BCUT2D eigenvalue weighted by Gasteiger charge is -2.34. The zero-order valence-electron chi connectivity index (χ0n) is 15.0. The van der Waals surface area contributed by atoms with Crippen molar-refractivity contribution in [1.29, 1.82) is 0 Å². The topological polar surface area (TPSA) is 49.9 Å². The Morgan fingerprint density at radius 1 is 1.04 bits per heavy atom. The second-order valence-electron chi connectivity index (χ2n) is 6.91. The Morgan fingerprint density at radius 2 is 1.85 bits per heavy atom. The molecule has 26 heavy (non-hydrogen) atoms. The van der Waals surface area contributed by atoms with Gasteiger partial charge in [0.15, 0.2) is 0 Å². The zero-order valence-corrected chi connectivity index (χ0v) is 15.8. The third-order valence-corrected chi connectivity index (χ3v) is 7.39. The quantitative estimate of drug-likeness (QED) is 0.828. The van der Waals surface area contributed by atoms with Gasteiger partial charge in [0.2, 0.25) is 0 Å². The Morgan fingerprint density at radius 3 is 2.65 bits per heavy atom. The van der Waals surface area contributed by atoms with Crippen LogP contribution in [-0.2, 0) is 23.2 Å². The third kappa shape index (κ3) is 3.13. The monoisotopic (exact) mass is 372 g/mol. The molecule has 0 aliphatic carbocycles. The van der Waals surface area contributed by atoms with Crippen LogP contribution < -0.4 is 4.74 Å². The first-order valence-corrected chi connectivity index (χ1v) is 10.5. The van der Waals surface area contributed by atoms with E-state index in [1.54, 1.807) is 15.7 Å².